The number of aliphatic hydroxyl groups is 2. The van der Waals surface area contributed by atoms with Crippen LogP contribution >= 0.6 is 0 Å². The van der Waals surface area contributed by atoms with Crippen molar-refractivity contribution in [2.75, 3.05) is 26.8 Å². The Bertz CT molecular complexity index is 636. The lowest BCUT2D eigenvalue weighted by atomic mass is 9.92. The number of carbonyl (C=O) groups is 1. The summed E-state index contributed by atoms with van der Waals surface area (Å²) >= 11 is 0. The Kier molecular flexibility index (Phi) is 5.52. The van der Waals surface area contributed by atoms with Gasteiger partial charge in [0.05, 0.1) is 31.5 Å². The van der Waals surface area contributed by atoms with Gasteiger partial charge in [0.2, 0.25) is 0 Å². The van der Waals surface area contributed by atoms with Crippen LogP contribution in [-0.4, -0.2) is 57.6 Å². The molecule has 2 N–H and O–H groups in total. The lowest BCUT2D eigenvalue weighted by Gasteiger charge is -2.30. The van der Waals surface area contributed by atoms with Crippen LogP contribution < -0.4 is 0 Å². The Morgan fingerprint density at radius 2 is 1.91 bits per heavy atom. The van der Waals surface area contributed by atoms with Gasteiger partial charge in [0.15, 0.2) is 0 Å². The monoisotopic (exact) mass is 317 g/mol. The first-order valence-corrected chi connectivity index (χ1v) is 7.51. The Labute approximate surface area is 136 Å². The maximum absolute atomic E-state index is 12.4. The summed E-state index contributed by atoms with van der Waals surface area (Å²) in [6.45, 7) is 2.23. The first-order chi connectivity index (χ1) is 11.0. The molecule has 0 bridgehead atoms. The van der Waals surface area contributed by atoms with Crippen LogP contribution in [0, 0.1) is 5.41 Å². The Hall–Kier alpha value is -2.18. The van der Waals surface area contributed by atoms with Gasteiger partial charge < -0.3 is 15.1 Å². The highest BCUT2D eigenvalue weighted by Gasteiger charge is 2.27. The zero-order valence-electron chi connectivity index (χ0n) is 13.5. The molecule has 0 fully saturated rings. The van der Waals surface area contributed by atoms with Crippen LogP contribution in [0.3, 0.4) is 0 Å². The second-order valence-electron chi connectivity index (χ2n) is 6.20. The van der Waals surface area contributed by atoms with Gasteiger partial charge in [-0.05, 0) is 5.56 Å². The van der Waals surface area contributed by atoms with Gasteiger partial charge in [0.1, 0.15) is 0 Å². The second-order valence-corrected chi connectivity index (χ2v) is 6.20. The van der Waals surface area contributed by atoms with E-state index in [2.05, 4.69) is 5.10 Å². The smallest absolute Gasteiger partial charge is 0.256 e. The SMILES string of the molecule is CN(CC(C)(CO)CO)C(=O)c1cnn(Cc2ccccc2)c1. The zero-order valence-corrected chi connectivity index (χ0v) is 13.5. The number of hydrogen-bond donors (Lipinski definition) is 2. The van der Waals surface area contributed by atoms with Crippen LogP contribution in [0.2, 0.25) is 0 Å². The molecular formula is C17H23N3O3. The zero-order chi connectivity index (χ0) is 16.9. The van der Waals surface area contributed by atoms with Crippen molar-refractivity contribution >= 4 is 5.91 Å². The molecule has 2 aromatic rings. The van der Waals surface area contributed by atoms with Gasteiger partial charge >= 0.3 is 0 Å². The number of nitrogens with zero attached hydrogens (tertiary/aromatic N) is 3. The van der Waals surface area contributed by atoms with Crippen molar-refractivity contribution < 1.29 is 15.0 Å². The van der Waals surface area contributed by atoms with E-state index >= 15 is 0 Å². The van der Waals surface area contributed by atoms with Crippen LogP contribution in [-0.2, 0) is 6.54 Å². The highest BCUT2D eigenvalue weighted by Crippen LogP contribution is 2.17. The lowest BCUT2D eigenvalue weighted by Crippen LogP contribution is -2.41. The molecule has 0 spiro atoms. The third-order valence-corrected chi connectivity index (χ3v) is 3.80. The molecule has 0 saturated heterocycles. The van der Waals surface area contributed by atoms with E-state index in [4.69, 9.17) is 0 Å². The number of benzene rings is 1. The summed E-state index contributed by atoms with van der Waals surface area (Å²) in [7, 11) is 1.65. The van der Waals surface area contributed by atoms with Crippen LogP contribution in [0.25, 0.3) is 0 Å². The summed E-state index contributed by atoms with van der Waals surface area (Å²) in [6, 6.07) is 9.88. The lowest BCUT2D eigenvalue weighted by molar-refractivity contribution is 0.0366. The molecule has 0 aliphatic rings. The number of aliphatic hydroxyl groups excluding tert-OH is 2. The largest absolute Gasteiger partial charge is 0.396 e. The topological polar surface area (TPSA) is 78.6 Å². The fourth-order valence-corrected chi connectivity index (χ4v) is 2.35. The van der Waals surface area contributed by atoms with Gasteiger partial charge in [-0.15, -0.1) is 0 Å². The molecule has 6 nitrogen and oxygen atoms in total. The van der Waals surface area contributed by atoms with Crippen molar-refractivity contribution in [2.24, 2.45) is 5.41 Å². The number of aromatic nitrogens is 2. The van der Waals surface area contributed by atoms with Gasteiger partial charge in [-0.3, -0.25) is 9.48 Å². The molecule has 1 heterocycles. The van der Waals surface area contributed by atoms with E-state index in [0.717, 1.165) is 5.56 Å². The van der Waals surface area contributed by atoms with E-state index in [1.54, 1.807) is 24.9 Å². The van der Waals surface area contributed by atoms with Crippen LogP contribution in [0.1, 0.15) is 22.8 Å². The summed E-state index contributed by atoms with van der Waals surface area (Å²) in [5, 5.41) is 22.9. The molecule has 1 aromatic carbocycles. The van der Waals surface area contributed by atoms with Gasteiger partial charge in [-0.2, -0.15) is 5.10 Å². The number of hydrogen-bond acceptors (Lipinski definition) is 4. The number of amides is 1. The molecule has 124 valence electrons. The van der Waals surface area contributed by atoms with Crippen LogP contribution in [0.15, 0.2) is 42.7 Å². The molecule has 1 aromatic heterocycles. The van der Waals surface area contributed by atoms with E-state index in [0.29, 0.717) is 12.1 Å². The van der Waals surface area contributed by atoms with Gasteiger partial charge in [-0.25, -0.2) is 0 Å². The van der Waals surface area contributed by atoms with Crippen LogP contribution in [0.4, 0.5) is 0 Å². The average molecular weight is 317 g/mol. The third kappa shape index (κ3) is 4.40. The van der Waals surface area contributed by atoms with Crippen molar-refractivity contribution in [3.8, 4) is 0 Å². The standard InChI is InChI=1S/C17H23N3O3/c1-17(12-21,13-22)11-19(2)16(23)15-8-18-20(10-15)9-14-6-4-3-5-7-14/h3-8,10,21-22H,9,11-13H2,1-2H3. The quantitative estimate of drug-likeness (QED) is 0.798. The summed E-state index contributed by atoms with van der Waals surface area (Å²) < 4.78 is 1.72. The predicted octanol–water partition coefficient (Wildman–Crippen LogP) is 0.994. The Balaban J connectivity index is 2.03. The fraction of sp³-hybridized carbons (Fsp3) is 0.412. The maximum Gasteiger partial charge on any atom is 0.256 e. The summed E-state index contributed by atoms with van der Waals surface area (Å²) in [4.78, 5) is 13.9. The molecule has 0 radical (unpaired) electrons. The summed E-state index contributed by atoms with van der Waals surface area (Å²) in [5.41, 5.74) is 0.877. The van der Waals surface area contributed by atoms with Crippen molar-refractivity contribution in [2.45, 2.75) is 13.5 Å². The molecule has 0 aliphatic carbocycles. The highest BCUT2D eigenvalue weighted by molar-refractivity contribution is 5.93. The van der Waals surface area contributed by atoms with Crippen molar-refractivity contribution in [1.82, 2.24) is 14.7 Å². The van der Waals surface area contributed by atoms with Crippen molar-refractivity contribution in [3.63, 3.8) is 0 Å². The number of carbonyl (C=O) groups excluding carboxylic acids is 1. The maximum atomic E-state index is 12.4. The summed E-state index contributed by atoms with van der Waals surface area (Å²) in [5.74, 6) is -0.183. The third-order valence-electron chi connectivity index (χ3n) is 3.80. The van der Waals surface area contributed by atoms with Crippen molar-refractivity contribution in [1.29, 1.82) is 0 Å². The highest BCUT2D eigenvalue weighted by atomic mass is 16.3. The van der Waals surface area contributed by atoms with Crippen molar-refractivity contribution in [3.05, 3.63) is 53.9 Å². The molecule has 0 saturated carbocycles. The Morgan fingerprint density at radius 1 is 1.26 bits per heavy atom. The fourth-order valence-electron chi connectivity index (χ4n) is 2.35. The molecule has 6 heteroatoms. The molecule has 1 amide bonds. The van der Waals surface area contributed by atoms with E-state index in [9.17, 15) is 15.0 Å². The Morgan fingerprint density at radius 3 is 2.52 bits per heavy atom. The van der Waals surface area contributed by atoms with E-state index < -0.39 is 5.41 Å². The van der Waals surface area contributed by atoms with E-state index in [1.165, 1.54) is 11.1 Å². The molecule has 2 rings (SSSR count). The number of rotatable bonds is 7. The van der Waals surface area contributed by atoms with Crippen LogP contribution in [0.5, 0.6) is 0 Å². The molecule has 0 atom stereocenters. The minimum Gasteiger partial charge on any atom is -0.396 e. The minimum absolute atomic E-state index is 0.183. The van der Waals surface area contributed by atoms with Gasteiger partial charge in [-0.1, -0.05) is 37.3 Å². The first-order valence-electron chi connectivity index (χ1n) is 7.51. The van der Waals surface area contributed by atoms with Gasteiger partial charge in [0, 0.05) is 25.2 Å². The first kappa shape index (κ1) is 17.2. The molecule has 23 heavy (non-hydrogen) atoms. The predicted molar refractivity (Wildman–Crippen MR) is 87.0 cm³/mol. The minimum atomic E-state index is -0.718. The normalized spacial score (nSPS) is 11.5. The summed E-state index contributed by atoms with van der Waals surface area (Å²) in [6.07, 6.45) is 3.25. The van der Waals surface area contributed by atoms with Gasteiger partial charge in [0.25, 0.3) is 5.91 Å². The van der Waals surface area contributed by atoms with E-state index in [-0.39, 0.29) is 25.7 Å². The second kappa shape index (κ2) is 7.39. The van der Waals surface area contributed by atoms with E-state index in [1.807, 2.05) is 30.3 Å². The molecule has 0 aliphatic heterocycles. The average Bonchev–Trinajstić information content (AvgIpc) is 3.03. The molecular weight excluding hydrogens is 294 g/mol. The molecule has 0 unspecified atom stereocenters.